The van der Waals surface area contributed by atoms with Gasteiger partial charge in [-0.25, -0.2) is 13.4 Å². The molecule has 1 fully saturated rings. The van der Waals surface area contributed by atoms with Crippen molar-refractivity contribution in [1.29, 1.82) is 0 Å². The van der Waals surface area contributed by atoms with E-state index in [0.29, 0.717) is 13.1 Å². The van der Waals surface area contributed by atoms with Crippen molar-refractivity contribution in [2.45, 2.75) is 5.03 Å². The van der Waals surface area contributed by atoms with Crippen LogP contribution in [0.4, 0.5) is 0 Å². The van der Waals surface area contributed by atoms with Gasteiger partial charge in [-0.05, 0) is 7.05 Å². The predicted octanol–water partition coefficient (Wildman–Crippen LogP) is -0.654. The van der Waals surface area contributed by atoms with Gasteiger partial charge in [0.2, 0.25) is 0 Å². The molecule has 0 spiro atoms. The SMILES string of the molecule is CN1CCN(S(=O)(=O)c2cnc[nH]2)CC1. The van der Waals surface area contributed by atoms with E-state index in [1.165, 1.54) is 16.8 Å². The highest BCUT2D eigenvalue weighted by Gasteiger charge is 2.28. The van der Waals surface area contributed by atoms with Gasteiger partial charge in [0.15, 0.2) is 5.03 Å². The lowest BCUT2D eigenvalue weighted by Gasteiger charge is -2.30. The largest absolute Gasteiger partial charge is 0.335 e. The summed E-state index contributed by atoms with van der Waals surface area (Å²) in [6, 6.07) is 0. The molecule has 84 valence electrons. The Hall–Kier alpha value is -0.920. The number of aromatic nitrogens is 2. The summed E-state index contributed by atoms with van der Waals surface area (Å²) >= 11 is 0. The molecule has 1 aliphatic rings. The molecule has 0 amide bonds. The summed E-state index contributed by atoms with van der Waals surface area (Å²) < 4.78 is 25.5. The molecule has 1 aromatic rings. The molecule has 15 heavy (non-hydrogen) atoms. The first-order valence-corrected chi connectivity index (χ1v) is 6.22. The zero-order valence-corrected chi connectivity index (χ0v) is 9.37. The highest BCUT2D eigenvalue weighted by molar-refractivity contribution is 7.89. The van der Waals surface area contributed by atoms with Gasteiger partial charge in [0.25, 0.3) is 10.0 Å². The van der Waals surface area contributed by atoms with Crippen LogP contribution in [0.3, 0.4) is 0 Å². The van der Waals surface area contributed by atoms with Gasteiger partial charge in [-0.3, -0.25) is 0 Å². The number of sulfonamides is 1. The van der Waals surface area contributed by atoms with E-state index >= 15 is 0 Å². The molecule has 0 saturated carbocycles. The predicted molar refractivity (Wildman–Crippen MR) is 54.8 cm³/mol. The second kappa shape index (κ2) is 3.92. The molecule has 2 rings (SSSR count). The van der Waals surface area contributed by atoms with E-state index in [1.807, 2.05) is 7.05 Å². The molecular weight excluding hydrogens is 216 g/mol. The van der Waals surface area contributed by atoms with Crippen molar-refractivity contribution in [2.24, 2.45) is 0 Å². The van der Waals surface area contributed by atoms with Gasteiger partial charge in [-0.1, -0.05) is 0 Å². The van der Waals surface area contributed by atoms with Gasteiger partial charge in [-0.2, -0.15) is 4.31 Å². The minimum atomic E-state index is -3.35. The van der Waals surface area contributed by atoms with Gasteiger partial charge in [-0.15, -0.1) is 0 Å². The second-order valence-corrected chi connectivity index (χ2v) is 5.53. The monoisotopic (exact) mass is 230 g/mol. The Morgan fingerprint density at radius 2 is 2.00 bits per heavy atom. The van der Waals surface area contributed by atoms with E-state index in [0.717, 1.165) is 13.1 Å². The molecule has 0 radical (unpaired) electrons. The van der Waals surface area contributed by atoms with E-state index in [-0.39, 0.29) is 5.03 Å². The Morgan fingerprint density at radius 3 is 2.53 bits per heavy atom. The third kappa shape index (κ3) is 2.04. The molecule has 1 saturated heterocycles. The maximum atomic E-state index is 12.0. The van der Waals surface area contributed by atoms with Crippen LogP contribution in [0.2, 0.25) is 0 Å². The molecule has 6 nitrogen and oxygen atoms in total. The molecule has 1 N–H and O–H groups in total. The highest BCUT2D eigenvalue weighted by atomic mass is 32.2. The summed E-state index contributed by atoms with van der Waals surface area (Å²) in [4.78, 5) is 8.47. The number of imidazole rings is 1. The molecular formula is C8H14N4O2S. The van der Waals surface area contributed by atoms with Crippen molar-refractivity contribution in [2.75, 3.05) is 33.2 Å². The van der Waals surface area contributed by atoms with Crippen LogP contribution in [0.5, 0.6) is 0 Å². The van der Waals surface area contributed by atoms with E-state index in [2.05, 4.69) is 14.9 Å². The van der Waals surface area contributed by atoms with Crippen molar-refractivity contribution < 1.29 is 8.42 Å². The van der Waals surface area contributed by atoms with Crippen molar-refractivity contribution in [3.8, 4) is 0 Å². The number of piperazine rings is 1. The first-order valence-electron chi connectivity index (χ1n) is 4.78. The van der Waals surface area contributed by atoms with Gasteiger partial charge in [0.05, 0.1) is 12.5 Å². The maximum Gasteiger partial charge on any atom is 0.260 e. The average molecular weight is 230 g/mol. The quantitative estimate of drug-likeness (QED) is 0.732. The molecule has 2 heterocycles. The van der Waals surface area contributed by atoms with Crippen LogP contribution in [0.15, 0.2) is 17.6 Å². The average Bonchev–Trinajstić information content (AvgIpc) is 2.71. The summed E-state index contributed by atoms with van der Waals surface area (Å²) in [5.41, 5.74) is 0. The van der Waals surface area contributed by atoms with Crippen LogP contribution < -0.4 is 0 Å². The van der Waals surface area contributed by atoms with E-state index in [1.54, 1.807) is 0 Å². The van der Waals surface area contributed by atoms with Crippen molar-refractivity contribution in [3.05, 3.63) is 12.5 Å². The minimum absolute atomic E-state index is 0.173. The zero-order valence-electron chi connectivity index (χ0n) is 8.55. The molecule has 0 unspecified atom stereocenters. The molecule has 1 aromatic heterocycles. The molecule has 0 bridgehead atoms. The minimum Gasteiger partial charge on any atom is -0.335 e. The summed E-state index contributed by atoms with van der Waals surface area (Å²) in [6.45, 7) is 2.62. The third-order valence-electron chi connectivity index (χ3n) is 2.55. The lowest BCUT2D eigenvalue weighted by Crippen LogP contribution is -2.47. The van der Waals surface area contributed by atoms with Crippen molar-refractivity contribution in [3.63, 3.8) is 0 Å². The van der Waals surface area contributed by atoms with Crippen LogP contribution >= 0.6 is 0 Å². The first-order chi connectivity index (χ1) is 7.10. The summed E-state index contributed by atoms with van der Waals surface area (Å²) in [5.74, 6) is 0. The highest BCUT2D eigenvalue weighted by Crippen LogP contribution is 2.13. The lowest BCUT2D eigenvalue weighted by atomic mass is 10.4. The van der Waals surface area contributed by atoms with Crippen LogP contribution in [-0.4, -0.2) is 60.8 Å². The Labute approximate surface area is 89.0 Å². The van der Waals surface area contributed by atoms with Crippen molar-refractivity contribution in [1.82, 2.24) is 19.2 Å². The molecule has 1 aliphatic heterocycles. The van der Waals surface area contributed by atoms with Crippen LogP contribution in [-0.2, 0) is 10.0 Å². The number of hydrogen-bond acceptors (Lipinski definition) is 4. The maximum absolute atomic E-state index is 12.0. The Bertz CT molecular complexity index is 406. The number of nitrogens with one attached hydrogen (secondary N) is 1. The van der Waals surface area contributed by atoms with Crippen LogP contribution in [0.25, 0.3) is 0 Å². The van der Waals surface area contributed by atoms with E-state index < -0.39 is 10.0 Å². The summed E-state index contributed by atoms with van der Waals surface area (Å²) in [7, 11) is -1.37. The number of rotatable bonds is 2. The number of nitrogens with zero attached hydrogens (tertiary/aromatic N) is 3. The smallest absolute Gasteiger partial charge is 0.260 e. The Balaban J connectivity index is 2.17. The van der Waals surface area contributed by atoms with Gasteiger partial charge in [0.1, 0.15) is 0 Å². The fraction of sp³-hybridized carbons (Fsp3) is 0.625. The molecule has 7 heteroatoms. The number of aromatic amines is 1. The number of hydrogen-bond donors (Lipinski definition) is 1. The number of likely N-dealkylation sites (N-methyl/N-ethyl adjacent to an activating group) is 1. The topological polar surface area (TPSA) is 69.3 Å². The fourth-order valence-electron chi connectivity index (χ4n) is 1.55. The van der Waals surface area contributed by atoms with E-state index in [4.69, 9.17) is 0 Å². The molecule has 0 aromatic carbocycles. The molecule has 0 aliphatic carbocycles. The van der Waals surface area contributed by atoms with Crippen molar-refractivity contribution >= 4 is 10.0 Å². The summed E-state index contributed by atoms with van der Waals surface area (Å²) in [5, 5.41) is 0.173. The van der Waals surface area contributed by atoms with Gasteiger partial charge in [0, 0.05) is 26.2 Å². The van der Waals surface area contributed by atoms with Gasteiger partial charge < -0.3 is 9.88 Å². The second-order valence-electron chi connectivity index (χ2n) is 3.62. The Morgan fingerprint density at radius 1 is 1.33 bits per heavy atom. The van der Waals surface area contributed by atoms with Gasteiger partial charge >= 0.3 is 0 Å². The Kier molecular flexibility index (Phi) is 2.76. The van der Waals surface area contributed by atoms with Crippen LogP contribution in [0, 0.1) is 0 Å². The summed E-state index contributed by atoms with van der Waals surface area (Å²) in [6.07, 6.45) is 2.72. The third-order valence-corrected chi connectivity index (χ3v) is 4.38. The first kappa shape index (κ1) is 10.6. The van der Waals surface area contributed by atoms with E-state index in [9.17, 15) is 8.42 Å². The normalized spacial score (nSPS) is 20.6. The standard InChI is InChI=1S/C8H14N4O2S/c1-11-2-4-12(5-3-11)15(13,14)8-6-9-7-10-8/h6-7H,2-5H2,1H3,(H,9,10). The number of H-pyrrole nitrogens is 1. The lowest BCUT2D eigenvalue weighted by molar-refractivity contribution is 0.222. The fourth-order valence-corrected chi connectivity index (χ4v) is 2.87. The molecule has 0 atom stereocenters. The zero-order chi connectivity index (χ0) is 10.9. The van der Waals surface area contributed by atoms with Crippen LogP contribution in [0.1, 0.15) is 0 Å².